The highest BCUT2D eigenvalue weighted by atomic mass is 32.2. The Morgan fingerprint density at radius 3 is 2.49 bits per heavy atom. The minimum Gasteiger partial charge on any atom is -0.493 e. The van der Waals surface area contributed by atoms with Gasteiger partial charge in [0.25, 0.3) is 0 Å². The Labute approximate surface area is 244 Å². The number of methoxy groups -OCH3 is 1. The Bertz CT molecular complexity index is 1420. The molecule has 0 unspecified atom stereocenters. The molecule has 224 valence electrons. The smallest absolute Gasteiger partial charge is 0.339 e. The van der Waals surface area contributed by atoms with Crippen LogP contribution in [-0.4, -0.2) is 50.6 Å². The molecule has 0 saturated heterocycles. The quantitative estimate of drug-likeness (QED) is 0.423. The summed E-state index contributed by atoms with van der Waals surface area (Å²) < 4.78 is 49.8. The van der Waals surface area contributed by atoms with Gasteiger partial charge in [0.2, 0.25) is 0 Å². The Kier molecular flexibility index (Phi) is 8.43. The van der Waals surface area contributed by atoms with Gasteiger partial charge in [-0.05, 0) is 112 Å². The van der Waals surface area contributed by atoms with Gasteiger partial charge in [0.1, 0.15) is 5.75 Å². The second-order valence-electron chi connectivity index (χ2n) is 12.6. The molecule has 1 fully saturated rings. The molecule has 1 N–H and O–H groups in total. The molecule has 1 saturated carbocycles. The largest absolute Gasteiger partial charge is 0.493 e. The maximum absolute atomic E-state index is 13.8. The van der Waals surface area contributed by atoms with Gasteiger partial charge in [0.05, 0.1) is 25.0 Å². The van der Waals surface area contributed by atoms with E-state index < -0.39 is 27.9 Å². The highest BCUT2D eigenvalue weighted by Gasteiger charge is 2.39. The van der Waals surface area contributed by atoms with Gasteiger partial charge in [-0.15, -0.1) is 0 Å². The number of ether oxygens (including phenoxy) is 3. The number of benzene rings is 2. The summed E-state index contributed by atoms with van der Waals surface area (Å²) in [6.07, 6.45) is 6.39. The third-order valence-electron chi connectivity index (χ3n) is 8.63. The second-order valence-corrected chi connectivity index (χ2v) is 14.2. The number of rotatable bonds is 5. The van der Waals surface area contributed by atoms with E-state index in [1.165, 1.54) is 7.11 Å². The minimum atomic E-state index is -3.80. The lowest BCUT2D eigenvalue weighted by Gasteiger charge is -2.32. The van der Waals surface area contributed by atoms with E-state index in [1.54, 1.807) is 4.31 Å². The molecule has 3 aliphatic rings. The number of carbonyl (C=O) groups is 1. The maximum Gasteiger partial charge on any atom is 0.339 e. The number of hydrogen-bond donors (Lipinski definition) is 1. The Balaban J connectivity index is 1.73. The fourth-order valence-corrected chi connectivity index (χ4v) is 8.30. The molecule has 2 aliphatic heterocycles. The molecule has 0 bridgehead atoms. The molecule has 1 atom stereocenters. The van der Waals surface area contributed by atoms with E-state index in [4.69, 9.17) is 14.2 Å². The third-order valence-corrected chi connectivity index (χ3v) is 10.2. The zero-order valence-electron chi connectivity index (χ0n) is 25.3. The summed E-state index contributed by atoms with van der Waals surface area (Å²) in [5, 5.41) is 0. The standard InChI is InChI=1S/C32H44N2O6S/c1-20-25-16-17-34(24-12-8-7-9-13-24)41(36,37)33-29(25)21(2)28(30(31(35)38-6)40-32(3,4)5)27(20)23-14-15-26-22(19-23)11-10-18-39-26/h14-15,19,24,30,33H,7-13,16-18H2,1-6H3/t30-/m0/s1. The molecule has 9 heteroatoms. The summed E-state index contributed by atoms with van der Waals surface area (Å²) in [6, 6.07) is 6.18. The van der Waals surface area contributed by atoms with Gasteiger partial charge >= 0.3 is 16.2 Å². The van der Waals surface area contributed by atoms with Gasteiger partial charge in [0.15, 0.2) is 6.10 Å². The van der Waals surface area contributed by atoms with E-state index in [0.29, 0.717) is 36.4 Å². The molecule has 2 aromatic rings. The lowest BCUT2D eigenvalue weighted by Crippen LogP contribution is -2.44. The molecule has 2 aromatic carbocycles. The molecule has 0 spiro atoms. The number of aryl methyl sites for hydroxylation is 1. The zero-order valence-corrected chi connectivity index (χ0v) is 26.1. The molecule has 5 rings (SSSR count). The summed E-state index contributed by atoms with van der Waals surface area (Å²) >= 11 is 0. The van der Waals surface area contributed by atoms with E-state index in [9.17, 15) is 13.2 Å². The number of hydrogen-bond acceptors (Lipinski definition) is 6. The van der Waals surface area contributed by atoms with Crippen LogP contribution in [0.2, 0.25) is 0 Å². The predicted octanol–water partition coefficient (Wildman–Crippen LogP) is 6.17. The van der Waals surface area contributed by atoms with Crippen molar-refractivity contribution >= 4 is 21.9 Å². The molecular weight excluding hydrogens is 540 g/mol. The van der Waals surface area contributed by atoms with Crippen molar-refractivity contribution in [3.05, 3.63) is 46.0 Å². The average molecular weight is 585 g/mol. The van der Waals surface area contributed by atoms with E-state index in [2.05, 4.69) is 10.8 Å². The van der Waals surface area contributed by atoms with Crippen LogP contribution in [-0.2, 0) is 37.3 Å². The lowest BCUT2D eigenvalue weighted by atomic mass is 9.83. The van der Waals surface area contributed by atoms with Crippen molar-refractivity contribution < 1.29 is 27.4 Å². The van der Waals surface area contributed by atoms with Crippen molar-refractivity contribution in [2.24, 2.45) is 0 Å². The van der Waals surface area contributed by atoms with E-state index in [0.717, 1.165) is 78.5 Å². The number of fused-ring (bicyclic) bond motifs is 2. The molecule has 8 nitrogen and oxygen atoms in total. The zero-order chi connectivity index (χ0) is 29.5. The van der Waals surface area contributed by atoms with Crippen molar-refractivity contribution in [2.45, 2.75) is 104 Å². The third kappa shape index (κ3) is 5.99. The number of carbonyl (C=O) groups excluding carboxylic acids is 1. The van der Waals surface area contributed by atoms with Gasteiger partial charge in [-0.25, -0.2) is 4.79 Å². The molecular formula is C32H44N2O6S. The summed E-state index contributed by atoms with van der Waals surface area (Å²) in [5.74, 6) is 0.363. The molecule has 2 heterocycles. The van der Waals surface area contributed by atoms with E-state index >= 15 is 0 Å². The molecule has 1 aliphatic carbocycles. The van der Waals surface area contributed by atoms with Crippen LogP contribution >= 0.6 is 0 Å². The highest BCUT2D eigenvalue weighted by molar-refractivity contribution is 7.90. The minimum absolute atomic E-state index is 0.00260. The van der Waals surface area contributed by atoms with Crippen molar-refractivity contribution in [2.75, 3.05) is 25.0 Å². The van der Waals surface area contributed by atoms with Crippen LogP contribution in [0.1, 0.15) is 93.2 Å². The number of anilines is 1. The first-order valence-corrected chi connectivity index (χ1v) is 16.3. The van der Waals surface area contributed by atoms with Crippen LogP contribution in [0.25, 0.3) is 11.1 Å². The van der Waals surface area contributed by atoms with E-state index in [-0.39, 0.29) is 6.04 Å². The Morgan fingerprint density at radius 1 is 1.07 bits per heavy atom. The van der Waals surface area contributed by atoms with Gasteiger partial charge in [0, 0.05) is 18.2 Å². The van der Waals surface area contributed by atoms with Crippen LogP contribution in [0, 0.1) is 13.8 Å². The topological polar surface area (TPSA) is 94.2 Å². The Hall–Kier alpha value is -2.62. The SMILES string of the molecule is COC(=O)[C@@H](OC(C)(C)C)c1c(C)c2c(c(C)c1-c1ccc3c(c1)CCCO3)CCN(C1CCCCC1)S(=O)(=O)N2. The number of nitrogens with one attached hydrogen (secondary N) is 1. The monoisotopic (exact) mass is 584 g/mol. The average Bonchev–Trinajstić information content (AvgIpc) is 3.08. The predicted molar refractivity (Wildman–Crippen MR) is 161 cm³/mol. The van der Waals surface area contributed by atoms with Crippen LogP contribution in [0.5, 0.6) is 5.75 Å². The summed E-state index contributed by atoms with van der Waals surface area (Å²) in [4.78, 5) is 13.4. The fraction of sp³-hybridized carbons (Fsp3) is 0.594. The van der Waals surface area contributed by atoms with Gasteiger partial charge in [-0.2, -0.15) is 12.7 Å². The molecule has 0 aromatic heterocycles. The number of nitrogens with zero attached hydrogens (tertiary/aromatic N) is 1. The first kappa shape index (κ1) is 29.9. The number of esters is 1. The summed E-state index contributed by atoms with van der Waals surface area (Å²) in [6.45, 7) is 10.7. The molecule has 0 radical (unpaired) electrons. The first-order chi connectivity index (χ1) is 19.4. The normalized spacial score (nSPS) is 20.1. The van der Waals surface area contributed by atoms with E-state index in [1.807, 2.05) is 46.8 Å². The highest BCUT2D eigenvalue weighted by Crippen LogP contribution is 2.46. The van der Waals surface area contributed by atoms with Crippen molar-refractivity contribution in [3.8, 4) is 16.9 Å². The lowest BCUT2D eigenvalue weighted by molar-refractivity contribution is -0.164. The summed E-state index contributed by atoms with van der Waals surface area (Å²) in [7, 11) is -2.44. The van der Waals surface area contributed by atoms with Gasteiger partial charge in [-0.1, -0.05) is 25.3 Å². The van der Waals surface area contributed by atoms with Crippen LogP contribution in [0.3, 0.4) is 0 Å². The van der Waals surface area contributed by atoms with Crippen molar-refractivity contribution in [3.63, 3.8) is 0 Å². The van der Waals surface area contributed by atoms with Gasteiger partial charge < -0.3 is 14.2 Å². The maximum atomic E-state index is 13.8. The van der Waals surface area contributed by atoms with Crippen LogP contribution < -0.4 is 9.46 Å². The molecule has 41 heavy (non-hydrogen) atoms. The Morgan fingerprint density at radius 2 is 1.80 bits per heavy atom. The first-order valence-electron chi connectivity index (χ1n) is 14.9. The van der Waals surface area contributed by atoms with Gasteiger partial charge in [-0.3, -0.25) is 4.72 Å². The van der Waals surface area contributed by atoms with Crippen LogP contribution in [0.15, 0.2) is 18.2 Å². The van der Waals surface area contributed by atoms with Crippen LogP contribution in [0.4, 0.5) is 5.69 Å². The fourth-order valence-electron chi connectivity index (χ4n) is 6.72. The molecule has 0 amide bonds. The van der Waals surface area contributed by atoms with Crippen molar-refractivity contribution in [1.29, 1.82) is 0 Å². The summed E-state index contributed by atoms with van der Waals surface area (Å²) in [5.41, 5.74) is 6.07. The second kappa shape index (κ2) is 11.6. The van der Waals surface area contributed by atoms with Crippen molar-refractivity contribution in [1.82, 2.24) is 4.31 Å².